The molecule has 0 atom stereocenters. The number of hydrogen-bond acceptors (Lipinski definition) is 2. The van der Waals surface area contributed by atoms with Crippen molar-refractivity contribution in [2.24, 2.45) is 0 Å². The van der Waals surface area contributed by atoms with E-state index in [9.17, 15) is 0 Å². The highest BCUT2D eigenvalue weighted by molar-refractivity contribution is 7.26. The molecule has 10 aromatic carbocycles. The van der Waals surface area contributed by atoms with E-state index < -0.39 is 0 Å². The van der Waals surface area contributed by atoms with Crippen molar-refractivity contribution in [3.8, 4) is 55.6 Å². The third kappa shape index (κ3) is 6.54. The first-order valence-electron chi connectivity index (χ1n) is 20.5. The number of rotatable bonds is 8. The minimum Gasteiger partial charge on any atom is -0.311 e. The zero-order valence-corrected chi connectivity index (χ0v) is 33.7. The largest absolute Gasteiger partial charge is 0.311 e. The average molecular weight is 782 g/mol. The molecule has 0 unspecified atom stereocenters. The van der Waals surface area contributed by atoms with Crippen molar-refractivity contribution in [1.82, 2.24) is 0 Å². The van der Waals surface area contributed by atoms with E-state index in [0.717, 1.165) is 17.1 Å². The summed E-state index contributed by atoms with van der Waals surface area (Å²) in [6.07, 6.45) is 0. The van der Waals surface area contributed by atoms with Crippen LogP contribution in [0.15, 0.2) is 237 Å². The summed E-state index contributed by atoms with van der Waals surface area (Å²) in [4.78, 5) is 2.36. The van der Waals surface area contributed by atoms with Gasteiger partial charge in [-0.3, -0.25) is 0 Å². The van der Waals surface area contributed by atoms with Crippen LogP contribution < -0.4 is 4.90 Å². The maximum absolute atomic E-state index is 2.36. The fourth-order valence-electron chi connectivity index (χ4n) is 8.72. The Bertz CT molecular complexity index is 3270. The highest BCUT2D eigenvalue weighted by Crippen LogP contribution is 2.43. The molecule has 0 saturated carbocycles. The molecule has 0 aliphatic carbocycles. The molecule has 1 aromatic heterocycles. The molecule has 2 heteroatoms. The molecule has 0 saturated heterocycles. The van der Waals surface area contributed by atoms with Crippen molar-refractivity contribution in [2.45, 2.75) is 0 Å². The molecule has 0 fully saturated rings. The van der Waals surface area contributed by atoms with Gasteiger partial charge >= 0.3 is 0 Å². The summed E-state index contributed by atoms with van der Waals surface area (Å²) in [6.45, 7) is 0. The number of benzene rings is 10. The van der Waals surface area contributed by atoms with E-state index in [1.165, 1.54) is 86.6 Å². The van der Waals surface area contributed by atoms with Crippen LogP contribution in [-0.4, -0.2) is 0 Å². The minimum absolute atomic E-state index is 1.10. The average Bonchev–Trinajstić information content (AvgIpc) is 3.72. The molecule has 282 valence electrons. The lowest BCUT2D eigenvalue weighted by Gasteiger charge is -2.26. The summed E-state index contributed by atoms with van der Waals surface area (Å²) >= 11 is 1.88. The van der Waals surface area contributed by atoms with Gasteiger partial charge in [0.1, 0.15) is 0 Å². The summed E-state index contributed by atoms with van der Waals surface area (Å²) in [5.41, 5.74) is 15.5. The monoisotopic (exact) mass is 781 g/mol. The van der Waals surface area contributed by atoms with E-state index in [0.29, 0.717) is 0 Å². The van der Waals surface area contributed by atoms with Gasteiger partial charge in [-0.25, -0.2) is 0 Å². The van der Waals surface area contributed by atoms with Crippen molar-refractivity contribution < 1.29 is 0 Å². The van der Waals surface area contributed by atoms with Crippen LogP contribution in [0.3, 0.4) is 0 Å². The molecule has 0 spiro atoms. The topological polar surface area (TPSA) is 3.24 Å². The highest BCUT2D eigenvalue weighted by Gasteiger charge is 2.17. The lowest BCUT2D eigenvalue weighted by atomic mass is 9.89. The number of anilines is 3. The Morgan fingerprint density at radius 1 is 0.267 bits per heavy atom. The maximum Gasteiger partial charge on any atom is 0.0462 e. The van der Waals surface area contributed by atoms with Crippen molar-refractivity contribution in [3.05, 3.63) is 237 Å². The third-order valence-electron chi connectivity index (χ3n) is 11.7. The van der Waals surface area contributed by atoms with Gasteiger partial charge in [0.15, 0.2) is 0 Å². The summed E-state index contributed by atoms with van der Waals surface area (Å²) < 4.78 is 2.65. The Morgan fingerprint density at radius 2 is 0.733 bits per heavy atom. The molecule has 1 nitrogen and oxygen atoms in total. The maximum atomic E-state index is 2.36. The Morgan fingerprint density at radius 3 is 1.43 bits per heavy atom. The van der Waals surface area contributed by atoms with Gasteiger partial charge in [-0.2, -0.15) is 0 Å². The molecule has 0 bridgehead atoms. The van der Waals surface area contributed by atoms with Gasteiger partial charge in [-0.1, -0.05) is 188 Å². The molecule has 0 radical (unpaired) electrons. The van der Waals surface area contributed by atoms with E-state index >= 15 is 0 Å². The molecule has 60 heavy (non-hydrogen) atoms. The second kappa shape index (κ2) is 15.3. The number of thiophene rings is 1. The second-order valence-corrected chi connectivity index (χ2v) is 16.3. The first-order chi connectivity index (χ1) is 29.7. The molecule has 0 aliphatic heterocycles. The van der Waals surface area contributed by atoms with Gasteiger partial charge < -0.3 is 4.90 Å². The van der Waals surface area contributed by atoms with Crippen molar-refractivity contribution in [1.29, 1.82) is 0 Å². The smallest absolute Gasteiger partial charge is 0.0462 e. The van der Waals surface area contributed by atoms with Crippen LogP contribution in [0.25, 0.3) is 86.6 Å². The number of hydrogen-bond donors (Lipinski definition) is 0. The Hall–Kier alpha value is -7.52. The van der Waals surface area contributed by atoms with E-state index in [-0.39, 0.29) is 0 Å². The quantitative estimate of drug-likeness (QED) is 0.148. The molecule has 11 rings (SSSR count). The van der Waals surface area contributed by atoms with Crippen molar-refractivity contribution >= 4 is 59.3 Å². The fourth-order valence-corrected chi connectivity index (χ4v) is 9.96. The Balaban J connectivity index is 0.983. The molecular formula is C58H39NS. The van der Waals surface area contributed by atoms with Gasteiger partial charge in [0.2, 0.25) is 0 Å². The van der Waals surface area contributed by atoms with Gasteiger partial charge in [-0.05, 0) is 115 Å². The van der Waals surface area contributed by atoms with E-state index in [1.54, 1.807) is 0 Å². The van der Waals surface area contributed by atoms with Crippen LogP contribution in [0, 0.1) is 0 Å². The van der Waals surface area contributed by atoms with Gasteiger partial charge in [-0.15, -0.1) is 11.3 Å². The molecular weight excluding hydrogens is 743 g/mol. The van der Waals surface area contributed by atoms with Crippen LogP contribution in [0.5, 0.6) is 0 Å². The molecule has 0 N–H and O–H groups in total. The fraction of sp³-hybridized carbons (Fsp3) is 0. The van der Waals surface area contributed by atoms with Crippen LogP contribution >= 0.6 is 11.3 Å². The standard InChI is InChI=1S/C58H39NS/c1-3-13-40(14-4-1)41-25-32-47(33-26-41)59(49-36-29-45(30-37-49)51-21-12-23-55-54-20-9-10-24-57(54)60-58(51)55)48-34-27-42(28-35-48)46-31-38-53(56(39-46)44-15-5-2-6-16-44)52-22-11-18-43-17-7-8-19-50(43)52/h1-39H. The van der Waals surface area contributed by atoms with Crippen LogP contribution in [0.2, 0.25) is 0 Å². The zero-order chi connectivity index (χ0) is 39.8. The molecule has 0 aliphatic rings. The lowest BCUT2D eigenvalue weighted by molar-refractivity contribution is 1.28. The first kappa shape index (κ1) is 35.6. The summed E-state index contributed by atoms with van der Waals surface area (Å²) in [7, 11) is 0. The van der Waals surface area contributed by atoms with Gasteiger partial charge in [0, 0.05) is 37.2 Å². The van der Waals surface area contributed by atoms with E-state index in [4.69, 9.17) is 0 Å². The number of fused-ring (bicyclic) bond motifs is 4. The Kier molecular flexibility index (Phi) is 9.11. The zero-order valence-electron chi connectivity index (χ0n) is 32.9. The summed E-state index contributed by atoms with van der Waals surface area (Å²) in [6, 6.07) is 86.0. The predicted molar refractivity (Wildman–Crippen MR) is 259 cm³/mol. The Labute approximate surface area is 354 Å². The highest BCUT2D eigenvalue weighted by atomic mass is 32.1. The van der Waals surface area contributed by atoms with Crippen LogP contribution in [0.1, 0.15) is 0 Å². The molecule has 1 heterocycles. The normalized spacial score (nSPS) is 11.3. The predicted octanol–water partition coefficient (Wildman–Crippen LogP) is 17.0. The molecule has 0 amide bonds. The van der Waals surface area contributed by atoms with Gasteiger partial charge in [0.05, 0.1) is 0 Å². The summed E-state index contributed by atoms with van der Waals surface area (Å²) in [5, 5.41) is 5.14. The van der Waals surface area contributed by atoms with Crippen LogP contribution in [0.4, 0.5) is 17.1 Å². The SMILES string of the molecule is c1ccc(-c2ccc(N(c3ccc(-c4ccc(-c5cccc6ccccc56)c(-c5ccccc5)c4)cc3)c3ccc(-c4cccc5c4sc4ccccc45)cc3)cc2)cc1. The first-order valence-corrected chi connectivity index (χ1v) is 21.3. The third-order valence-corrected chi connectivity index (χ3v) is 12.9. The molecule has 11 aromatic rings. The second-order valence-electron chi connectivity index (χ2n) is 15.3. The minimum atomic E-state index is 1.10. The van der Waals surface area contributed by atoms with E-state index in [1.807, 2.05) is 11.3 Å². The van der Waals surface area contributed by atoms with E-state index in [2.05, 4.69) is 241 Å². The van der Waals surface area contributed by atoms with Crippen molar-refractivity contribution in [2.75, 3.05) is 4.90 Å². The lowest BCUT2D eigenvalue weighted by Crippen LogP contribution is -2.09. The van der Waals surface area contributed by atoms with Crippen molar-refractivity contribution in [3.63, 3.8) is 0 Å². The van der Waals surface area contributed by atoms with Crippen LogP contribution in [-0.2, 0) is 0 Å². The summed E-state index contributed by atoms with van der Waals surface area (Å²) in [5.74, 6) is 0. The number of nitrogens with zero attached hydrogens (tertiary/aromatic N) is 1. The van der Waals surface area contributed by atoms with Gasteiger partial charge in [0.25, 0.3) is 0 Å².